The van der Waals surface area contributed by atoms with Gasteiger partial charge in [0.2, 0.25) is 11.9 Å². The van der Waals surface area contributed by atoms with Crippen molar-refractivity contribution >= 4 is 28.6 Å². The Labute approximate surface area is 160 Å². The van der Waals surface area contributed by atoms with E-state index in [-0.39, 0.29) is 5.95 Å². The van der Waals surface area contributed by atoms with Gasteiger partial charge >= 0.3 is 6.18 Å². The molecule has 0 spiro atoms. The van der Waals surface area contributed by atoms with Crippen LogP contribution in [-0.2, 0) is 13.2 Å². The highest BCUT2D eigenvalue weighted by Gasteiger charge is 2.31. The summed E-state index contributed by atoms with van der Waals surface area (Å²) in [5, 5.41) is 0. The Kier molecular flexibility index (Phi) is 5.57. The minimum Gasteiger partial charge on any atom is -0.399 e. The molecular weight excluding hydrogens is 371 g/mol. The number of nitrogens with two attached hydrogens (primary N) is 2. The number of rotatable bonds is 1. The fourth-order valence-electron chi connectivity index (χ4n) is 3.07. The number of hydrogen-bond donors (Lipinski definition) is 2. The molecule has 7 nitrogen and oxygen atoms in total. The molecule has 1 aromatic carbocycles. The maximum absolute atomic E-state index is 11.8. The molecule has 3 heterocycles. The summed E-state index contributed by atoms with van der Waals surface area (Å²) >= 11 is 0. The van der Waals surface area contributed by atoms with Crippen molar-refractivity contribution in [3.8, 4) is 0 Å². The highest BCUT2D eigenvalue weighted by atomic mass is 19.4. The third-order valence-electron chi connectivity index (χ3n) is 4.52. The summed E-state index contributed by atoms with van der Waals surface area (Å²) in [4.78, 5) is 13.5. The zero-order valence-corrected chi connectivity index (χ0v) is 15.4. The van der Waals surface area contributed by atoms with Crippen molar-refractivity contribution in [3.63, 3.8) is 0 Å². The third-order valence-corrected chi connectivity index (χ3v) is 4.52. The fraction of sp³-hybridized carbons (Fsp3) is 0.389. The van der Waals surface area contributed by atoms with Crippen molar-refractivity contribution in [1.82, 2.24) is 19.5 Å². The Morgan fingerprint density at radius 3 is 2.25 bits per heavy atom. The highest BCUT2D eigenvalue weighted by molar-refractivity contribution is 5.81. The summed E-state index contributed by atoms with van der Waals surface area (Å²) < 4.78 is 37.6. The summed E-state index contributed by atoms with van der Waals surface area (Å²) in [6, 6.07) is 5.93. The Balaban J connectivity index is 0.000000178. The summed E-state index contributed by atoms with van der Waals surface area (Å²) in [6.45, 7) is 2.24. The van der Waals surface area contributed by atoms with E-state index in [1.807, 2.05) is 18.2 Å². The summed E-state index contributed by atoms with van der Waals surface area (Å²) in [5.41, 5.74) is 12.8. The average molecular weight is 393 g/mol. The van der Waals surface area contributed by atoms with Gasteiger partial charge in [-0.2, -0.15) is 13.2 Å². The Morgan fingerprint density at radius 2 is 1.64 bits per heavy atom. The number of piperidine rings is 1. The zero-order chi connectivity index (χ0) is 20.3. The lowest BCUT2D eigenvalue weighted by Crippen LogP contribution is -2.31. The number of anilines is 3. The van der Waals surface area contributed by atoms with E-state index in [2.05, 4.69) is 26.5 Å². The first-order valence-corrected chi connectivity index (χ1v) is 8.87. The molecule has 0 amide bonds. The number of aromatic nitrogens is 4. The fourth-order valence-corrected chi connectivity index (χ4v) is 3.07. The average Bonchev–Trinajstić information content (AvgIpc) is 2.98. The molecule has 2 aromatic heterocycles. The SMILES string of the molecule is Cn1c(N2CCCCC2)nc2cc(N)ccc21.Nc1ncc(C(F)(F)F)cn1. The molecule has 4 N–H and O–H groups in total. The van der Waals surface area contributed by atoms with Crippen LogP contribution in [0, 0.1) is 0 Å². The number of aryl methyl sites for hydroxylation is 1. The van der Waals surface area contributed by atoms with Crippen LogP contribution >= 0.6 is 0 Å². The molecule has 3 aromatic rings. The summed E-state index contributed by atoms with van der Waals surface area (Å²) in [6.07, 6.45) is 0.766. The molecule has 150 valence electrons. The molecule has 0 aliphatic carbocycles. The van der Waals surface area contributed by atoms with E-state index in [0.717, 1.165) is 35.8 Å². The van der Waals surface area contributed by atoms with Crippen LogP contribution in [0.3, 0.4) is 0 Å². The molecule has 0 unspecified atom stereocenters. The zero-order valence-electron chi connectivity index (χ0n) is 15.4. The lowest BCUT2D eigenvalue weighted by atomic mass is 10.1. The number of benzene rings is 1. The van der Waals surface area contributed by atoms with Crippen LogP contribution in [0.1, 0.15) is 24.8 Å². The van der Waals surface area contributed by atoms with E-state index < -0.39 is 11.7 Å². The number of hydrogen-bond acceptors (Lipinski definition) is 6. The first-order chi connectivity index (χ1) is 13.3. The van der Waals surface area contributed by atoms with E-state index in [0.29, 0.717) is 12.4 Å². The minimum absolute atomic E-state index is 0.169. The van der Waals surface area contributed by atoms with Gasteiger partial charge in [-0.25, -0.2) is 15.0 Å². The molecule has 0 atom stereocenters. The smallest absolute Gasteiger partial charge is 0.399 e. The lowest BCUT2D eigenvalue weighted by molar-refractivity contribution is -0.138. The van der Waals surface area contributed by atoms with Crippen molar-refractivity contribution in [2.24, 2.45) is 7.05 Å². The van der Waals surface area contributed by atoms with Crippen molar-refractivity contribution in [2.45, 2.75) is 25.4 Å². The van der Waals surface area contributed by atoms with Crippen LogP contribution in [0.2, 0.25) is 0 Å². The number of fused-ring (bicyclic) bond motifs is 1. The molecule has 1 saturated heterocycles. The van der Waals surface area contributed by atoms with Gasteiger partial charge in [-0.05, 0) is 37.5 Å². The van der Waals surface area contributed by atoms with Crippen molar-refractivity contribution < 1.29 is 13.2 Å². The number of imidazole rings is 1. The van der Waals surface area contributed by atoms with Gasteiger partial charge in [-0.15, -0.1) is 0 Å². The monoisotopic (exact) mass is 393 g/mol. The summed E-state index contributed by atoms with van der Waals surface area (Å²) in [7, 11) is 2.08. The molecule has 0 radical (unpaired) electrons. The van der Waals surface area contributed by atoms with Crippen LogP contribution in [0.4, 0.5) is 30.8 Å². The lowest BCUT2D eigenvalue weighted by Gasteiger charge is -2.27. The van der Waals surface area contributed by atoms with Gasteiger partial charge in [0.1, 0.15) is 0 Å². The van der Waals surface area contributed by atoms with Gasteiger partial charge in [-0.3, -0.25) is 0 Å². The van der Waals surface area contributed by atoms with Crippen molar-refractivity contribution in [1.29, 1.82) is 0 Å². The highest BCUT2D eigenvalue weighted by Crippen LogP contribution is 2.28. The van der Waals surface area contributed by atoms with Gasteiger partial charge in [0.15, 0.2) is 0 Å². The second-order valence-electron chi connectivity index (χ2n) is 6.59. The van der Waals surface area contributed by atoms with Gasteiger partial charge < -0.3 is 20.9 Å². The third kappa shape index (κ3) is 4.44. The van der Waals surface area contributed by atoms with E-state index >= 15 is 0 Å². The molecule has 0 bridgehead atoms. The molecule has 10 heteroatoms. The van der Waals surface area contributed by atoms with E-state index in [9.17, 15) is 13.2 Å². The van der Waals surface area contributed by atoms with Crippen LogP contribution in [-0.4, -0.2) is 32.6 Å². The minimum atomic E-state index is -4.40. The maximum Gasteiger partial charge on any atom is 0.419 e. The first-order valence-electron chi connectivity index (χ1n) is 8.87. The predicted octanol–water partition coefficient (Wildman–Crippen LogP) is 3.22. The number of nitrogens with zero attached hydrogens (tertiary/aromatic N) is 5. The quantitative estimate of drug-likeness (QED) is 0.616. The van der Waals surface area contributed by atoms with Crippen LogP contribution in [0.25, 0.3) is 11.0 Å². The topological polar surface area (TPSA) is 98.9 Å². The summed E-state index contributed by atoms with van der Waals surface area (Å²) in [5.74, 6) is 0.906. The van der Waals surface area contributed by atoms with E-state index in [1.165, 1.54) is 19.3 Å². The molecule has 1 aliphatic heterocycles. The Morgan fingerprint density at radius 1 is 1.00 bits per heavy atom. The normalized spacial score (nSPS) is 14.6. The Hall–Kier alpha value is -3.04. The number of alkyl halides is 3. The van der Waals surface area contributed by atoms with Crippen molar-refractivity contribution in [3.05, 3.63) is 36.2 Å². The van der Waals surface area contributed by atoms with E-state index in [4.69, 9.17) is 16.5 Å². The van der Waals surface area contributed by atoms with Crippen LogP contribution in [0.15, 0.2) is 30.6 Å². The predicted molar refractivity (Wildman–Crippen MR) is 103 cm³/mol. The largest absolute Gasteiger partial charge is 0.419 e. The molecule has 28 heavy (non-hydrogen) atoms. The molecular formula is C18H22F3N7. The van der Waals surface area contributed by atoms with Crippen molar-refractivity contribution in [2.75, 3.05) is 29.5 Å². The van der Waals surface area contributed by atoms with Gasteiger partial charge in [-0.1, -0.05) is 0 Å². The molecule has 1 fully saturated rings. The second kappa shape index (κ2) is 7.91. The second-order valence-corrected chi connectivity index (χ2v) is 6.59. The van der Waals surface area contributed by atoms with Crippen LogP contribution < -0.4 is 16.4 Å². The molecule has 4 rings (SSSR count). The van der Waals surface area contributed by atoms with Gasteiger partial charge in [0.05, 0.1) is 16.6 Å². The maximum atomic E-state index is 11.8. The molecule has 1 aliphatic rings. The molecule has 0 saturated carbocycles. The van der Waals surface area contributed by atoms with Gasteiger partial charge in [0, 0.05) is 38.2 Å². The Bertz CT molecular complexity index is 929. The van der Waals surface area contributed by atoms with Gasteiger partial charge in [0.25, 0.3) is 0 Å². The number of nitrogen functional groups attached to an aromatic ring is 2. The standard InChI is InChI=1S/C13H18N4.C5H4F3N3/c1-16-12-6-5-10(14)9-11(12)15-13(16)17-7-3-2-4-8-17;6-5(7,8)3-1-10-4(9)11-2-3/h5-6,9H,2-4,7-8,14H2,1H3;1-2H,(H2,9,10,11). The van der Waals surface area contributed by atoms with E-state index in [1.54, 1.807) is 0 Å². The number of halogens is 3. The first kappa shape index (κ1) is 19.7. The van der Waals surface area contributed by atoms with Crippen LogP contribution in [0.5, 0.6) is 0 Å².